The minimum absolute atomic E-state index is 0.137. The third-order valence-corrected chi connectivity index (χ3v) is 3.63. The molecule has 104 valence electrons. The van der Waals surface area contributed by atoms with Gasteiger partial charge in [-0.25, -0.2) is 0 Å². The first-order valence-corrected chi connectivity index (χ1v) is 6.96. The summed E-state index contributed by atoms with van der Waals surface area (Å²) in [4.78, 5) is 14.3. The predicted molar refractivity (Wildman–Crippen MR) is 83.3 cm³/mol. The molecule has 0 atom stereocenters. The van der Waals surface area contributed by atoms with E-state index in [9.17, 15) is 4.79 Å². The second kappa shape index (κ2) is 6.69. The predicted octanol–water partition coefficient (Wildman–Crippen LogP) is 3.96. The molecular formula is C17H18ClNO. The summed E-state index contributed by atoms with van der Waals surface area (Å²) in [6, 6.07) is 15.4. The number of halogens is 1. The van der Waals surface area contributed by atoms with Gasteiger partial charge in [0.25, 0.3) is 0 Å². The van der Waals surface area contributed by atoms with E-state index < -0.39 is 0 Å². The Balaban J connectivity index is 2.02. The molecule has 0 fully saturated rings. The maximum atomic E-state index is 12.3. The minimum Gasteiger partial charge on any atom is -0.295 e. The third-order valence-electron chi connectivity index (χ3n) is 3.26. The van der Waals surface area contributed by atoms with E-state index >= 15 is 0 Å². The summed E-state index contributed by atoms with van der Waals surface area (Å²) in [6.07, 6.45) is 0. The molecule has 0 radical (unpaired) electrons. The number of Topliss-reactive ketones (excluding diaryl/α,β-unsaturated/α-hetero) is 1. The smallest absolute Gasteiger partial charge is 0.177 e. The molecule has 0 heterocycles. The molecule has 0 spiro atoms. The average molecular weight is 288 g/mol. The van der Waals surface area contributed by atoms with E-state index in [2.05, 4.69) is 0 Å². The Kier molecular flexibility index (Phi) is 4.94. The fourth-order valence-corrected chi connectivity index (χ4v) is 2.38. The van der Waals surface area contributed by atoms with E-state index in [1.165, 1.54) is 0 Å². The molecule has 0 saturated heterocycles. The van der Waals surface area contributed by atoms with Crippen molar-refractivity contribution in [1.82, 2.24) is 4.90 Å². The fraction of sp³-hybridized carbons (Fsp3) is 0.235. The van der Waals surface area contributed by atoms with Crippen LogP contribution in [0.1, 0.15) is 21.5 Å². The Hall–Kier alpha value is -1.64. The first kappa shape index (κ1) is 14.8. The molecule has 3 heteroatoms. The van der Waals surface area contributed by atoms with Crippen LogP contribution in [0.3, 0.4) is 0 Å². The van der Waals surface area contributed by atoms with E-state index in [0.29, 0.717) is 13.1 Å². The first-order chi connectivity index (χ1) is 9.58. The van der Waals surface area contributed by atoms with Gasteiger partial charge in [0.1, 0.15) is 0 Å². The lowest BCUT2D eigenvalue weighted by molar-refractivity contribution is 0.0942. The number of aryl methyl sites for hydroxylation is 1. The van der Waals surface area contributed by atoms with Gasteiger partial charge in [-0.05, 0) is 31.2 Å². The number of benzene rings is 2. The molecule has 0 unspecified atom stereocenters. The van der Waals surface area contributed by atoms with Gasteiger partial charge in [0, 0.05) is 17.1 Å². The van der Waals surface area contributed by atoms with Crippen molar-refractivity contribution >= 4 is 17.4 Å². The number of nitrogens with zero attached hydrogens (tertiary/aromatic N) is 1. The molecule has 0 bridgehead atoms. The average Bonchev–Trinajstić information content (AvgIpc) is 2.41. The molecule has 0 amide bonds. The van der Waals surface area contributed by atoms with Crippen LogP contribution in [0.25, 0.3) is 0 Å². The lowest BCUT2D eigenvalue weighted by Crippen LogP contribution is -2.26. The van der Waals surface area contributed by atoms with Crippen LogP contribution in [0, 0.1) is 6.92 Å². The lowest BCUT2D eigenvalue weighted by atomic mass is 10.0. The van der Waals surface area contributed by atoms with Crippen LogP contribution in [0.15, 0.2) is 48.5 Å². The highest BCUT2D eigenvalue weighted by atomic mass is 35.5. The van der Waals surface area contributed by atoms with E-state index in [4.69, 9.17) is 11.6 Å². The quantitative estimate of drug-likeness (QED) is 0.776. The van der Waals surface area contributed by atoms with Gasteiger partial charge in [-0.3, -0.25) is 9.69 Å². The molecule has 2 rings (SSSR count). The van der Waals surface area contributed by atoms with Crippen LogP contribution < -0.4 is 0 Å². The van der Waals surface area contributed by atoms with Crippen LogP contribution in [0.5, 0.6) is 0 Å². The zero-order valence-electron chi connectivity index (χ0n) is 11.8. The van der Waals surface area contributed by atoms with Gasteiger partial charge in [-0.2, -0.15) is 0 Å². The summed E-state index contributed by atoms with van der Waals surface area (Å²) in [5, 5.41) is 0.739. The third kappa shape index (κ3) is 3.69. The van der Waals surface area contributed by atoms with Crippen LogP contribution in [0.2, 0.25) is 5.02 Å². The Morgan fingerprint density at radius 1 is 1.10 bits per heavy atom. The number of hydrogen-bond donors (Lipinski definition) is 0. The molecule has 0 aromatic heterocycles. The van der Waals surface area contributed by atoms with Gasteiger partial charge in [0.2, 0.25) is 0 Å². The number of likely N-dealkylation sites (N-methyl/N-ethyl adjacent to an activating group) is 1. The maximum Gasteiger partial charge on any atom is 0.177 e. The highest BCUT2D eigenvalue weighted by Gasteiger charge is 2.12. The number of rotatable bonds is 5. The normalized spacial score (nSPS) is 10.8. The number of hydrogen-bond acceptors (Lipinski definition) is 2. The Bertz CT molecular complexity index is 609. The molecule has 2 aromatic carbocycles. The highest BCUT2D eigenvalue weighted by molar-refractivity contribution is 6.31. The van der Waals surface area contributed by atoms with Crippen LogP contribution >= 0.6 is 11.6 Å². The highest BCUT2D eigenvalue weighted by Crippen LogP contribution is 2.17. The van der Waals surface area contributed by atoms with Gasteiger partial charge in [-0.1, -0.05) is 54.1 Å². The van der Waals surface area contributed by atoms with Gasteiger partial charge < -0.3 is 0 Å². The summed E-state index contributed by atoms with van der Waals surface area (Å²) in [5.74, 6) is 0.137. The summed E-state index contributed by atoms with van der Waals surface area (Å²) in [7, 11) is 1.93. The van der Waals surface area contributed by atoms with Crippen LogP contribution in [0.4, 0.5) is 0 Å². The van der Waals surface area contributed by atoms with Crippen LogP contribution in [-0.4, -0.2) is 24.3 Å². The number of carbonyl (C=O) groups is 1. The fourth-order valence-electron chi connectivity index (χ4n) is 2.19. The van der Waals surface area contributed by atoms with E-state index in [1.807, 2.05) is 67.4 Å². The summed E-state index contributed by atoms with van der Waals surface area (Å²) >= 11 is 6.14. The van der Waals surface area contributed by atoms with E-state index in [1.54, 1.807) is 0 Å². The molecule has 0 saturated carbocycles. The maximum absolute atomic E-state index is 12.3. The van der Waals surface area contributed by atoms with E-state index in [-0.39, 0.29) is 5.78 Å². The zero-order valence-corrected chi connectivity index (χ0v) is 12.5. The molecular weight excluding hydrogens is 270 g/mol. The van der Waals surface area contributed by atoms with Crippen molar-refractivity contribution < 1.29 is 4.79 Å². The van der Waals surface area contributed by atoms with Gasteiger partial charge in [-0.15, -0.1) is 0 Å². The van der Waals surface area contributed by atoms with Crippen molar-refractivity contribution in [2.75, 3.05) is 13.6 Å². The first-order valence-electron chi connectivity index (χ1n) is 6.58. The molecule has 0 aliphatic rings. The van der Waals surface area contributed by atoms with Crippen molar-refractivity contribution in [3.05, 3.63) is 70.2 Å². The van der Waals surface area contributed by atoms with Crippen molar-refractivity contribution in [3.63, 3.8) is 0 Å². The summed E-state index contributed by atoms with van der Waals surface area (Å²) in [6.45, 7) is 3.01. The van der Waals surface area contributed by atoms with E-state index in [0.717, 1.165) is 21.7 Å². The largest absolute Gasteiger partial charge is 0.295 e. The Labute approximate surface area is 125 Å². The molecule has 0 N–H and O–H groups in total. The monoisotopic (exact) mass is 287 g/mol. The standard InChI is InChI=1S/C17H18ClNO/c1-13-7-3-5-9-15(13)17(20)12-19(2)11-14-8-4-6-10-16(14)18/h3-10H,11-12H2,1-2H3. The molecule has 2 nitrogen and oxygen atoms in total. The molecule has 0 aliphatic heterocycles. The van der Waals surface area contributed by atoms with Gasteiger partial charge >= 0.3 is 0 Å². The lowest BCUT2D eigenvalue weighted by Gasteiger charge is -2.17. The molecule has 2 aromatic rings. The van der Waals surface area contributed by atoms with Crippen molar-refractivity contribution in [1.29, 1.82) is 0 Å². The van der Waals surface area contributed by atoms with Gasteiger partial charge in [0.15, 0.2) is 5.78 Å². The number of ketones is 1. The second-order valence-corrected chi connectivity index (χ2v) is 5.41. The zero-order chi connectivity index (χ0) is 14.5. The van der Waals surface area contributed by atoms with Crippen molar-refractivity contribution in [2.45, 2.75) is 13.5 Å². The Morgan fingerprint density at radius 3 is 2.45 bits per heavy atom. The Morgan fingerprint density at radius 2 is 1.75 bits per heavy atom. The molecule has 0 aliphatic carbocycles. The summed E-state index contributed by atoms with van der Waals surface area (Å²) < 4.78 is 0. The summed E-state index contributed by atoms with van der Waals surface area (Å²) in [5.41, 5.74) is 2.84. The number of carbonyl (C=O) groups excluding carboxylic acids is 1. The SMILES string of the molecule is Cc1ccccc1C(=O)CN(C)Cc1ccccc1Cl. The molecule has 20 heavy (non-hydrogen) atoms. The second-order valence-electron chi connectivity index (χ2n) is 5.00. The topological polar surface area (TPSA) is 20.3 Å². The minimum atomic E-state index is 0.137. The van der Waals surface area contributed by atoms with Crippen molar-refractivity contribution in [2.24, 2.45) is 0 Å². The van der Waals surface area contributed by atoms with Gasteiger partial charge in [0.05, 0.1) is 6.54 Å². The van der Waals surface area contributed by atoms with Crippen LogP contribution in [-0.2, 0) is 6.54 Å². The van der Waals surface area contributed by atoms with Crippen molar-refractivity contribution in [3.8, 4) is 0 Å².